The first-order valence-electron chi connectivity index (χ1n) is 6.47. The number of nitrogens with one attached hydrogen (secondary N) is 2. The molecule has 1 atom stereocenters. The standard InChI is InChI=1S/C12H19N5O3/c1-9(8-20-2)17-5-3-10(15-17)14-12(19)16-6-4-13-11(18)7-16/h3,5,9H,4,6-8H2,1-2H3,(H,13,18)(H,14,15,19). The molecule has 8 heteroatoms. The fraction of sp³-hybridized carbons (Fsp3) is 0.583. The lowest BCUT2D eigenvalue weighted by atomic mass is 10.4. The van der Waals surface area contributed by atoms with Crippen molar-refractivity contribution in [1.82, 2.24) is 20.0 Å². The summed E-state index contributed by atoms with van der Waals surface area (Å²) in [5, 5.41) is 9.61. The van der Waals surface area contributed by atoms with Gasteiger partial charge in [-0.25, -0.2) is 4.79 Å². The summed E-state index contributed by atoms with van der Waals surface area (Å²) in [6.45, 7) is 3.56. The summed E-state index contributed by atoms with van der Waals surface area (Å²) in [7, 11) is 1.63. The molecule has 1 saturated heterocycles. The van der Waals surface area contributed by atoms with Gasteiger partial charge in [-0.05, 0) is 6.92 Å². The average Bonchev–Trinajstić information content (AvgIpc) is 2.87. The number of carbonyl (C=O) groups is 2. The van der Waals surface area contributed by atoms with Gasteiger partial charge < -0.3 is 15.0 Å². The molecule has 0 aliphatic carbocycles. The predicted molar refractivity (Wildman–Crippen MR) is 72.4 cm³/mol. The van der Waals surface area contributed by atoms with Crippen molar-refractivity contribution in [3.8, 4) is 0 Å². The average molecular weight is 281 g/mol. The number of piperazine rings is 1. The van der Waals surface area contributed by atoms with Crippen LogP contribution in [0.25, 0.3) is 0 Å². The SMILES string of the molecule is COCC(C)n1ccc(NC(=O)N2CCNC(=O)C2)n1. The number of hydrogen-bond acceptors (Lipinski definition) is 4. The lowest BCUT2D eigenvalue weighted by molar-refractivity contribution is -0.123. The Bertz CT molecular complexity index is 487. The molecule has 1 aliphatic heterocycles. The number of amides is 3. The van der Waals surface area contributed by atoms with Gasteiger partial charge in [0.1, 0.15) is 6.54 Å². The van der Waals surface area contributed by atoms with Gasteiger partial charge in [0.25, 0.3) is 0 Å². The molecule has 0 radical (unpaired) electrons. The molecule has 8 nitrogen and oxygen atoms in total. The number of ether oxygens (including phenoxy) is 1. The van der Waals surface area contributed by atoms with Crippen LogP contribution in [0.1, 0.15) is 13.0 Å². The highest BCUT2D eigenvalue weighted by Crippen LogP contribution is 2.10. The minimum Gasteiger partial charge on any atom is -0.382 e. The molecule has 1 aromatic heterocycles. The zero-order chi connectivity index (χ0) is 14.5. The minimum atomic E-state index is -0.315. The second-order valence-electron chi connectivity index (χ2n) is 4.69. The largest absolute Gasteiger partial charge is 0.382 e. The van der Waals surface area contributed by atoms with E-state index < -0.39 is 0 Å². The van der Waals surface area contributed by atoms with E-state index in [9.17, 15) is 9.59 Å². The number of urea groups is 1. The molecule has 1 aliphatic rings. The van der Waals surface area contributed by atoms with Crippen molar-refractivity contribution in [2.45, 2.75) is 13.0 Å². The van der Waals surface area contributed by atoms with E-state index in [1.54, 1.807) is 24.1 Å². The Morgan fingerprint density at radius 1 is 1.65 bits per heavy atom. The lowest BCUT2D eigenvalue weighted by Gasteiger charge is -2.26. The first kappa shape index (κ1) is 14.3. The summed E-state index contributed by atoms with van der Waals surface area (Å²) in [6, 6.07) is 1.49. The third-order valence-corrected chi connectivity index (χ3v) is 3.03. The van der Waals surface area contributed by atoms with Crippen LogP contribution in [-0.4, -0.2) is 60.0 Å². The molecular formula is C12H19N5O3. The van der Waals surface area contributed by atoms with Gasteiger partial charge in [0.05, 0.1) is 12.6 Å². The van der Waals surface area contributed by atoms with Crippen molar-refractivity contribution in [1.29, 1.82) is 0 Å². The topological polar surface area (TPSA) is 88.5 Å². The Kier molecular flexibility index (Phi) is 4.57. The van der Waals surface area contributed by atoms with Gasteiger partial charge >= 0.3 is 6.03 Å². The molecule has 1 unspecified atom stereocenters. The van der Waals surface area contributed by atoms with Crippen LogP contribution in [0.3, 0.4) is 0 Å². The summed E-state index contributed by atoms with van der Waals surface area (Å²) in [6.07, 6.45) is 1.78. The molecule has 0 spiro atoms. The zero-order valence-corrected chi connectivity index (χ0v) is 11.6. The van der Waals surface area contributed by atoms with E-state index in [1.807, 2.05) is 6.92 Å². The summed E-state index contributed by atoms with van der Waals surface area (Å²) >= 11 is 0. The van der Waals surface area contributed by atoms with Crippen LogP contribution < -0.4 is 10.6 Å². The number of methoxy groups -OCH3 is 1. The second-order valence-corrected chi connectivity index (χ2v) is 4.69. The number of rotatable bonds is 4. The van der Waals surface area contributed by atoms with E-state index in [4.69, 9.17) is 4.74 Å². The summed E-state index contributed by atoms with van der Waals surface area (Å²) < 4.78 is 6.78. The molecule has 2 N–H and O–H groups in total. The van der Waals surface area contributed by atoms with E-state index in [-0.39, 0.29) is 24.5 Å². The molecule has 0 saturated carbocycles. The molecule has 0 aromatic carbocycles. The van der Waals surface area contributed by atoms with Crippen LogP contribution in [0.15, 0.2) is 12.3 Å². The van der Waals surface area contributed by atoms with E-state index in [1.165, 1.54) is 4.90 Å². The maximum atomic E-state index is 12.0. The molecule has 110 valence electrons. The summed E-state index contributed by atoms with van der Waals surface area (Å²) in [5.74, 6) is 0.314. The number of carbonyl (C=O) groups excluding carboxylic acids is 2. The molecule has 1 fully saturated rings. The second kappa shape index (κ2) is 6.38. The molecule has 2 heterocycles. The van der Waals surface area contributed by atoms with Gasteiger partial charge in [-0.2, -0.15) is 5.10 Å². The highest BCUT2D eigenvalue weighted by molar-refractivity contribution is 5.92. The number of hydrogen-bond donors (Lipinski definition) is 2. The highest BCUT2D eigenvalue weighted by atomic mass is 16.5. The van der Waals surface area contributed by atoms with Gasteiger partial charge in [0, 0.05) is 32.5 Å². The Morgan fingerprint density at radius 3 is 3.15 bits per heavy atom. The molecule has 3 amide bonds. The van der Waals surface area contributed by atoms with Crippen molar-refractivity contribution < 1.29 is 14.3 Å². The number of nitrogens with zero attached hydrogens (tertiary/aromatic N) is 3. The van der Waals surface area contributed by atoms with Crippen LogP contribution in [0.5, 0.6) is 0 Å². The smallest absolute Gasteiger partial charge is 0.323 e. The first-order chi connectivity index (χ1) is 9.60. The van der Waals surface area contributed by atoms with Crippen molar-refractivity contribution in [3.05, 3.63) is 12.3 Å². The Balaban J connectivity index is 1.92. The molecule has 1 aromatic rings. The minimum absolute atomic E-state index is 0.0760. The Morgan fingerprint density at radius 2 is 2.45 bits per heavy atom. The van der Waals surface area contributed by atoms with E-state index in [0.29, 0.717) is 25.5 Å². The quantitative estimate of drug-likeness (QED) is 0.816. The molecular weight excluding hydrogens is 262 g/mol. The van der Waals surface area contributed by atoms with Gasteiger partial charge in [0.15, 0.2) is 5.82 Å². The highest BCUT2D eigenvalue weighted by Gasteiger charge is 2.21. The fourth-order valence-corrected chi connectivity index (χ4v) is 1.97. The third-order valence-electron chi connectivity index (χ3n) is 3.03. The summed E-state index contributed by atoms with van der Waals surface area (Å²) in [4.78, 5) is 24.7. The Hall–Kier alpha value is -2.09. The van der Waals surface area contributed by atoms with Gasteiger partial charge in [-0.15, -0.1) is 0 Å². The van der Waals surface area contributed by atoms with Crippen molar-refractivity contribution >= 4 is 17.8 Å². The van der Waals surface area contributed by atoms with Gasteiger partial charge in [0.2, 0.25) is 5.91 Å². The van der Waals surface area contributed by atoms with Crippen LogP contribution in [0.4, 0.5) is 10.6 Å². The van der Waals surface area contributed by atoms with Crippen LogP contribution in [0, 0.1) is 0 Å². The summed E-state index contributed by atoms with van der Waals surface area (Å²) in [5.41, 5.74) is 0. The maximum Gasteiger partial charge on any atom is 0.323 e. The van der Waals surface area contributed by atoms with Gasteiger partial charge in [-0.1, -0.05) is 0 Å². The van der Waals surface area contributed by atoms with E-state index >= 15 is 0 Å². The van der Waals surface area contributed by atoms with Gasteiger partial charge in [-0.3, -0.25) is 14.8 Å². The molecule has 2 rings (SSSR count). The fourth-order valence-electron chi connectivity index (χ4n) is 1.97. The van der Waals surface area contributed by atoms with Crippen molar-refractivity contribution in [2.75, 3.05) is 38.7 Å². The Labute approximate surface area is 117 Å². The number of aromatic nitrogens is 2. The molecule has 20 heavy (non-hydrogen) atoms. The first-order valence-corrected chi connectivity index (χ1v) is 6.47. The van der Waals surface area contributed by atoms with E-state index in [2.05, 4.69) is 15.7 Å². The monoisotopic (exact) mass is 281 g/mol. The molecule has 0 bridgehead atoms. The predicted octanol–water partition coefficient (Wildman–Crippen LogP) is 0.0542. The third kappa shape index (κ3) is 3.47. The van der Waals surface area contributed by atoms with Crippen molar-refractivity contribution in [2.24, 2.45) is 0 Å². The van der Waals surface area contributed by atoms with Crippen molar-refractivity contribution in [3.63, 3.8) is 0 Å². The van der Waals surface area contributed by atoms with E-state index in [0.717, 1.165) is 0 Å². The lowest BCUT2D eigenvalue weighted by Crippen LogP contribution is -2.51. The maximum absolute atomic E-state index is 12.0. The van der Waals surface area contributed by atoms with Crippen LogP contribution in [-0.2, 0) is 9.53 Å². The van der Waals surface area contributed by atoms with Crippen LogP contribution in [0.2, 0.25) is 0 Å². The zero-order valence-electron chi connectivity index (χ0n) is 11.6. The normalized spacial score (nSPS) is 16.7. The van der Waals surface area contributed by atoms with Crippen LogP contribution >= 0.6 is 0 Å². The number of anilines is 1.